The molecular formula is C69H103N11O13. The van der Waals surface area contributed by atoms with Crippen LogP contribution in [0, 0.1) is 48.3 Å². The van der Waals surface area contributed by atoms with Crippen molar-refractivity contribution in [3.05, 3.63) is 72.2 Å². The molecule has 0 radical (unpaired) electrons. The lowest BCUT2D eigenvalue weighted by atomic mass is 9.66. The number of nitrogens with zero attached hydrogens (tertiary/aromatic N) is 10. The van der Waals surface area contributed by atoms with Crippen LogP contribution < -0.4 is 10.6 Å². The molecule has 0 bridgehead atoms. The van der Waals surface area contributed by atoms with Crippen LogP contribution in [-0.2, 0) is 58.7 Å². The number of aliphatic hydroxyl groups is 2. The number of Topliss-reactive ketones (excluding diaryl/α,β-unsaturated/α-hetero) is 1. The van der Waals surface area contributed by atoms with Gasteiger partial charge in [-0.1, -0.05) is 71.0 Å². The van der Waals surface area contributed by atoms with Crippen LogP contribution in [0.15, 0.2) is 60.2 Å². The van der Waals surface area contributed by atoms with Crippen LogP contribution in [0.25, 0.3) is 11.1 Å². The quantitative estimate of drug-likeness (QED) is 0.0602. The number of carbonyl (C=O) groups excluding carboxylic acids is 3. The zero-order valence-electron chi connectivity index (χ0n) is 57.5. The third kappa shape index (κ3) is 15.2. The number of ether oxygens (including phenoxy) is 8. The predicted molar refractivity (Wildman–Crippen MR) is 349 cm³/mol. The summed E-state index contributed by atoms with van der Waals surface area (Å²) in [5.74, 6) is -4.96. The average molecular weight is 1290 g/mol. The minimum atomic E-state index is -1.47. The van der Waals surface area contributed by atoms with Gasteiger partial charge in [0.1, 0.15) is 36.0 Å². The van der Waals surface area contributed by atoms with Gasteiger partial charge in [-0.25, -0.2) is 24.4 Å². The lowest BCUT2D eigenvalue weighted by Crippen LogP contribution is -2.62. The topological polar surface area (TPSA) is 293 Å². The molecule has 5 aliphatic rings. The molecule has 24 heteroatoms. The maximum absolute atomic E-state index is 15.5. The van der Waals surface area contributed by atoms with Crippen molar-refractivity contribution >= 4 is 35.7 Å². The Morgan fingerprint density at radius 3 is 2.20 bits per heavy atom. The fourth-order valence-electron chi connectivity index (χ4n) is 15.9. The number of likely N-dealkylation sites (N-methyl/N-ethyl adjacent to an activating group) is 1. The van der Waals surface area contributed by atoms with Crippen molar-refractivity contribution in [3.63, 3.8) is 0 Å². The summed E-state index contributed by atoms with van der Waals surface area (Å²) in [4.78, 5) is 72.1. The van der Waals surface area contributed by atoms with E-state index in [9.17, 15) is 15.0 Å². The highest BCUT2D eigenvalue weighted by Gasteiger charge is 2.62. The van der Waals surface area contributed by atoms with E-state index in [1.807, 2.05) is 104 Å². The van der Waals surface area contributed by atoms with Gasteiger partial charge in [0, 0.05) is 120 Å². The van der Waals surface area contributed by atoms with Crippen molar-refractivity contribution < 1.29 is 62.5 Å². The monoisotopic (exact) mass is 1290 g/mol. The first-order valence-corrected chi connectivity index (χ1v) is 33.5. The zero-order valence-corrected chi connectivity index (χ0v) is 57.5. The number of methoxy groups -OCH3 is 3. The van der Waals surface area contributed by atoms with Crippen molar-refractivity contribution in [1.29, 1.82) is 0 Å². The van der Waals surface area contributed by atoms with Crippen LogP contribution in [0.3, 0.4) is 0 Å². The van der Waals surface area contributed by atoms with Gasteiger partial charge < -0.3 is 63.6 Å². The second-order valence-electron chi connectivity index (χ2n) is 27.8. The number of nitrogen functional groups attached to an aromatic ring is 1. The van der Waals surface area contributed by atoms with E-state index in [-0.39, 0.29) is 55.2 Å². The van der Waals surface area contributed by atoms with E-state index in [0.29, 0.717) is 25.8 Å². The third-order valence-corrected chi connectivity index (χ3v) is 21.5. The summed E-state index contributed by atoms with van der Waals surface area (Å²) in [5.41, 5.74) is 6.23. The van der Waals surface area contributed by atoms with Crippen LogP contribution in [0.1, 0.15) is 150 Å². The molecule has 3 aromatic heterocycles. The molecule has 0 aliphatic carbocycles. The molecule has 0 spiro atoms. The SMILES string of the molecule is CC[C@H]([C@H](OC)c1ccc(-c2cnc(N)nc2)cc1)n1cc(CCN(C)[C@H]2C[C@@H](C)O[C@@H](O[C@@H]3[C@@H](C)[C@H](C4C[C@@](C)(OC)[C@@H](O)[C@H](C)O4)[C@@H](C)C(=O)O[C@H](CC)[C@@]4(C)OC(=O)C(N=CC5CCN(c6cncc(C)n6)CC5)[C@@H]4[C@@H](C)C(=O)[C@H](C)C[C@@]3(C)OC)[C@@H]2O)nn1. The number of aliphatic imine (C=N–C) groups is 1. The summed E-state index contributed by atoms with van der Waals surface area (Å²) in [6, 6.07) is 6.39. The Balaban J connectivity index is 0.986. The van der Waals surface area contributed by atoms with Crippen LogP contribution in [0.5, 0.6) is 0 Å². The minimum absolute atomic E-state index is 0.0380. The molecule has 9 rings (SSSR count). The predicted octanol–water partition coefficient (Wildman–Crippen LogP) is 7.57. The number of fused-ring (bicyclic) bond motifs is 1. The molecule has 5 fully saturated rings. The number of cyclic esters (lactones) is 1. The van der Waals surface area contributed by atoms with Gasteiger partial charge >= 0.3 is 11.9 Å². The number of nitrogens with two attached hydrogens (primary N) is 1. The first-order valence-electron chi connectivity index (χ1n) is 33.5. The number of aryl methyl sites for hydroxylation is 1. The lowest BCUT2D eigenvalue weighted by molar-refractivity contribution is -0.305. The fourth-order valence-corrected chi connectivity index (χ4v) is 15.9. The van der Waals surface area contributed by atoms with E-state index >= 15 is 9.59 Å². The van der Waals surface area contributed by atoms with E-state index in [2.05, 4.69) is 47.0 Å². The number of carbonyl (C=O) groups is 3. The van der Waals surface area contributed by atoms with E-state index in [1.54, 1.807) is 66.9 Å². The molecule has 2 unspecified atom stereocenters. The first-order chi connectivity index (χ1) is 44.2. The second kappa shape index (κ2) is 30.0. The van der Waals surface area contributed by atoms with Crippen molar-refractivity contribution in [2.75, 3.05) is 58.6 Å². The summed E-state index contributed by atoms with van der Waals surface area (Å²) in [7, 11) is 6.79. The number of hydrogen-bond donors (Lipinski definition) is 3. The van der Waals surface area contributed by atoms with Gasteiger partial charge in [0.25, 0.3) is 0 Å². The highest BCUT2D eigenvalue weighted by molar-refractivity contribution is 5.88. The van der Waals surface area contributed by atoms with Crippen molar-refractivity contribution in [1.82, 2.24) is 39.8 Å². The Morgan fingerprint density at radius 1 is 0.882 bits per heavy atom. The summed E-state index contributed by atoms with van der Waals surface area (Å²) in [6.45, 7) is 24.5. The number of benzene rings is 1. The maximum Gasteiger partial charge on any atom is 0.332 e. The van der Waals surface area contributed by atoms with E-state index in [4.69, 9.17) is 48.6 Å². The maximum atomic E-state index is 15.5. The van der Waals surface area contributed by atoms with Crippen LogP contribution in [0.2, 0.25) is 0 Å². The number of aliphatic hydroxyl groups excluding tert-OH is 2. The van der Waals surface area contributed by atoms with E-state index in [0.717, 1.165) is 59.8 Å². The third-order valence-electron chi connectivity index (χ3n) is 21.5. The van der Waals surface area contributed by atoms with Crippen LogP contribution in [0.4, 0.5) is 11.8 Å². The summed E-state index contributed by atoms with van der Waals surface area (Å²) in [5, 5.41) is 33.5. The molecule has 0 amide bonds. The smallest absolute Gasteiger partial charge is 0.332 e. The molecule has 93 heavy (non-hydrogen) atoms. The van der Waals surface area contributed by atoms with Gasteiger partial charge in [-0.05, 0) is 110 Å². The van der Waals surface area contributed by atoms with Crippen molar-refractivity contribution in [2.24, 2.45) is 46.4 Å². The fraction of sp³-hybridized carbons (Fsp3) is 0.710. The van der Waals surface area contributed by atoms with Crippen LogP contribution >= 0.6 is 0 Å². The normalized spacial score (nSPS) is 35.9. The summed E-state index contributed by atoms with van der Waals surface area (Å²) >= 11 is 0. The van der Waals surface area contributed by atoms with Gasteiger partial charge in [0.05, 0.1) is 65.2 Å². The molecule has 0 saturated carbocycles. The second-order valence-corrected chi connectivity index (χ2v) is 27.8. The number of anilines is 2. The number of esters is 2. The Morgan fingerprint density at radius 2 is 1.57 bits per heavy atom. The number of rotatable bonds is 19. The van der Waals surface area contributed by atoms with Gasteiger partial charge in [-0.2, -0.15) is 0 Å². The van der Waals surface area contributed by atoms with Crippen molar-refractivity contribution in [3.8, 4) is 11.1 Å². The highest BCUT2D eigenvalue weighted by Crippen LogP contribution is 2.49. The number of piperidine rings is 1. The Kier molecular flexibility index (Phi) is 23.0. The van der Waals surface area contributed by atoms with Gasteiger partial charge in [-0.15, -0.1) is 5.10 Å². The highest BCUT2D eigenvalue weighted by atomic mass is 16.7. The molecule has 512 valence electrons. The van der Waals surface area contributed by atoms with Gasteiger partial charge in [0.2, 0.25) is 5.95 Å². The number of hydrogen-bond acceptors (Lipinski definition) is 23. The molecule has 8 heterocycles. The molecule has 21 atom stereocenters. The van der Waals surface area contributed by atoms with E-state index < -0.39 is 119 Å². The number of ketones is 1. The zero-order chi connectivity index (χ0) is 67.4. The first kappa shape index (κ1) is 71.3. The molecule has 5 aliphatic heterocycles. The lowest BCUT2D eigenvalue weighted by Gasteiger charge is -2.52. The molecule has 4 aromatic rings. The Hall–Kier alpha value is -5.96. The standard InChI is InChI=1S/C69H103N11O13/c1-17-50(60(86-14)47-21-19-46(20-22-47)48-34-73-66(70)74-35-48)80-37-49(76-77-80)25-26-78(13)51-29-40(5)89-65(59(51)82)92-62-41(6)55(52-31-67(10,87-15)61(83)44(9)90-52)42(7)63(84)91-53(18-2)69(12)56(43(8)58(81)38(3)30-68(62,11)88-16)57(64(85)93-69)72-33-45-23-27-79(28-24-45)54-36-71-32-39(4)75-54/h19-22,32-38,40-45,50-53,55-57,59-62,65,82-83H,17-18,23-31H2,1-16H3,(H2,70,73,74)/t38-,40-,41+,42-,43-,44+,50-,51+,52?,53-,55+,56+,57?,59-,60-,61+,62-,65+,67-,68-,69-/m1/s1. The largest absolute Gasteiger partial charge is 0.458 e. The molecule has 4 N–H and O–H groups in total. The minimum Gasteiger partial charge on any atom is -0.458 e. The molecule has 24 nitrogen and oxygen atoms in total. The van der Waals surface area contributed by atoms with Crippen molar-refractivity contribution in [2.45, 2.75) is 225 Å². The average Bonchev–Trinajstić information content (AvgIpc) is 1.70. The van der Waals surface area contributed by atoms with Crippen LogP contribution in [-0.4, -0.2) is 200 Å². The van der Waals surface area contributed by atoms with Gasteiger partial charge in [-0.3, -0.25) is 19.6 Å². The number of aromatic nitrogens is 7. The molecule has 1 aromatic carbocycles. The summed E-state index contributed by atoms with van der Waals surface area (Å²) in [6.07, 6.45) is 6.91. The Labute approximate surface area is 548 Å². The summed E-state index contributed by atoms with van der Waals surface area (Å²) < 4.78 is 54.7. The molecule has 5 saturated heterocycles. The molecular weight excluding hydrogens is 1190 g/mol. The Bertz CT molecular complexity index is 3170. The van der Waals surface area contributed by atoms with Gasteiger partial charge in [0.15, 0.2) is 17.9 Å². The van der Waals surface area contributed by atoms with E-state index in [1.165, 1.54) is 0 Å².